The van der Waals surface area contributed by atoms with Gasteiger partial charge in [0.2, 0.25) is 5.91 Å². The number of rotatable bonds is 4. The topological polar surface area (TPSA) is 64.0 Å². The summed E-state index contributed by atoms with van der Waals surface area (Å²) in [6.07, 6.45) is -4.68. The molecule has 0 aliphatic carbocycles. The monoisotopic (exact) mass is 457 g/mol. The number of carbonyl (C=O) groups excluding carboxylic acids is 1. The lowest BCUT2D eigenvalue weighted by Gasteiger charge is -2.12. The first-order valence-electron chi connectivity index (χ1n) is 9.46. The average Bonchev–Trinajstić information content (AvgIpc) is 2.76. The van der Waals surface area contributed by atoms with Gasteiger partial charge < -0.3 is 0 Å². The van der Waals surface area contributed by atoms with Crippen LogP contribution in [0.4, 0.5) is 13.2 Å². The van der Waals surface area contributed by atoms with Gasteiger partial charge in [0, 0.05) is 16.0 Å². The Morgan fingerprint density at radius 3 is 2.19 bits per heavy atom. The van der Waals surface area contributed by atoms with Gasteiger partial charge in [-0.25, -0.2) is 5.43 Å². The van der Waals surface area contributed by atoms with Crippen LogP contribution < -0.4 is 11.0 Å². The van der Waals surface area contributed by atoms with Crippen LogP contribution in [-0.4, -0.2) is 15.8 Å². The fourth-order valence-corrected chi connectivity index (χ4v) is 3.37. The van der Waals surface area contributed by atoms with Gasteiger partial charge in [-0.2, -0.15) is 13.2 Å². The van der Waals surface area contributed by atoms with E-state index in [2.05, 4.69) is 10.5 Å². The summed E-state index contributed by atoms with van der Waals surface area (Å²) in [5.74, 6) is -0.600. The predicted octanol–water partition coefficient (Wildman–Crippen LogP) is 5.05. The minimum atomic E-state index is -4.46. The summed E-state index contributed by atoms with van der Waals surface area (Å²) < 4.78 is 38.1. The zero-order chi connectivity index (χ0) is 22.9. The number of amides is 1. The van der Waals surface area contributed by atoms with Crippen molar-refractivity contribution < 1.29 is 18.0 Å². The number of alkyl halides is 3. The lowest BCUT2D eigenvalue weighted by Crippen LogP contribution is -2.36. The second-order valence-electron chi connectivity index (χ2n) is 7.02. The Morgan fingerprint density at radius 1 is 0.938 bits per heavy atom. The number of hydrogen-bond acceptors (Lipinski definition) is 3. The van der Waals surface area contributed by atoms with Crippen molar-refractivity contribution in [2.75, 3.05) is 5.43 Å². The molecule has 0 radical (unpaired) electrons. The largest absolute Gasteiger partial charge is 0.416 e. The summed E-state index contributed by atoms with van der Waals surface area (Å²) in [4.78, 5) is 26.2. The standard InChI is InChI=1S/C23H15ClF3N3O2/c24-17-11-7-15(8-12-17)21-18-3-1-2-4-19(18)22(32)30(29-21)28-20(31)13-14-5-9-16(10-6-14)23(25,26)27/h1-12H,13H2,(H,28,31). The number of carbonyl (C=O) groups is 1. The average molecular weight is 458 g/mol. The highest BCUT2D eigenvalue weighted by molar-refractivity contribution is 6.30. The minimum absolute atomic E-state index is 0.227. The fraction of sp³-hybridized carbons (Fsp3) is 0.0870. The molecule has 0 atom stereocenters. The molecular formula is C23H15ClF3N3O2. The Balaban J connectivity index is 1.65. The minimum Gasteiger partial charge on any atom is -0.273 e. The van der Waals surface area contributed by atoms with Crippen LogP contribution in [0.1, 0.15) is 11.1 Å². The van der Waals surface area contributed by atoms with E-state index in [0.717, 1.165) is 16.9 Å². The van der Waals surface area contributed by atoms with E-state index in [4.69, 9.17) is 11.6 Å². The van der Waals surface area contributed by atoms with Gasteiger partial charge in [-0.15, -0.1) is 9.89 Å². The van der Waals surface area contributed by atoms with Crippen LogP contribution in [0.3, 0.4) is 0 Å². The molecule has 0 spiro atoms. The molecule has 0 aliphatic heterocycles. The van der Waals surface area contributed by atoms with Crippen molar-refractivity contribution in [1.82, 2.24) is 9.89 Å². The van der Waals surface area contributed by atoms with E-state index in [0.29, 0.717) is 32.6 Å². The van der Waals surface area contributed by atoms with Crippen LogP contribution in [0.25, 0.3) is 22.0 Å². The molecule has 1 N–H and O–H groups in total. The number of fused-ring (bicyclic) bond motifs is 1. The number of hydrogen-bond donors (Lipinski definition) is 1. The smallest absolute Gasteiger partial charge is 0.273 e. The number of nitrogens with one attached hydrogen (secondary N) is 1. The Labute approximate surface area is 185 Å². The lowest BCUT2D eigenvalue weighted by atomic mass is 10.1. The molecule has 1 aromatic heterocycles. The molecule has 1 heterocycles. The Kier molecular flexibility index (Phi) is 5.71. The summed E-state index contributed by atoms with van der Waals surface area (Å²) in [5.41, 5.74) is 2.61. The molecule has 0 aliphatic rings. The van der Waals surface area contributed by atoms with Gasteiger partial charge in [0.1, 0.15) is 5.69 Å². The molecule has 0 bridgehead atoms. The number of benzene rings is 3. The molecular weight excluding hydrogens is 443 g/mol. The van der Waals surface area contributed by atoms with E-state index in [1.54, 1.807) is 48.5 Å². The van der Waals surface area contributed by atoms with Crippen molar-refractivity contribution in [3.05, 3.63) is 99.3 Å². The summed E-state index contributed by atoms with van der Waals surface area (Å²) in [7, 11) is 0. The van der Waals surface area contributed by atoms with Crippen molar-refractivity contribution in [1.29, 1.82) is 0 Å². The number of aromatic nitrogens is 2. The highest BCUT2D eigenvalue weighted by atomic mass is 35.5. The lowest BCUT2D eigenvalue weighted by molar-refractivity contribution is -0.137. The molecule has 5 nitrogen and oxygen atoms in total. The SMILES string of the molecule is O=C(Cc1ccc(C(F)(F)F)cc1)Nn1nc(-c2ccc(Cl)cc2)c2ccccc2c1=O. The Morgan fingerprint density at radius 2 is 1.56 bits per heavy atom. The molecule has 0 saturated carbocycles. The van der Waals surface area contributed by atoms with E-state index in [9.17, 15) is 22.8 Å². The van der Waals surface area contributed by atoms with Gasteiger partial charge in [-0.1, -0.05) is 54.1 Å². The van der Waals surface area contributed by atoms with E-state index in [1.165, 1.54) is 12.1 Å². The van der Waals surface area contributed by atoms with Crippen LogP contribution in [0, 0.1) is 0 Å². The first-order chi connectivity index (χ1) is 15.2. The van der Waals surface area contributed by atoms with Gasteiger partial charge in [0.05, 0.1) is 17.4 Å². The molecule has 0 saturated heterocycles. The molecule has 1 amide bonds. The summed E-state index contributed by atoms with van der Waals surface area (Å²) in [5, 5.41) is 5.80. The van der Waals surface area contributed by atoms with Crippen molar-refractivity contribution in [3.63, 3.8) is 0 Å². The molecule has 9 heteroatoms. The zero-order valence-corrected chi connectivity index (χ0v) is 17.1. The first kappa shape index (κ1) is 21.6. The summed E-state index contributed by atoms with van der Waals surface area (Å²) >= 11 is 5.96. The van der Waals surface area contributed by atoms with Crippen LogP contribution in [0.15, 0.2) is 77.6 Å². The fourth-order valence-electron chi connectivity index (χ4n) is 3.24. The molecule has 0 fully saturated rings. The maximum Gasteiger partial charge on any atom is 0.416 e. The molecule has 3 aromatic carbocycles. The van der Waals surface area contributed by atoms with Crippen molar-refractivity contribution in [3.8, 4) is 11.3 Å². The highest BCUT2D eigenvalue weighted by Gasteiger charge is 2.30. The second kappa shape index (κ2) is 8.47. The van der Waals surface area contributed by atoms with E-state index >= 15 is 0 Å². The second-order valence-corrected chi connectivity index (χ2v) is 7.46. The van der Waals surface area contributed by atoms with Crippen LogP contribution >= 0.6 is 11.6 Å². The molecule has 4 aromatic rings. The van der Waals surface area contributed by atoms with E-state index in [-0.39, 0.29) is 6.42 Å². The quantitative estimate of drug-likeness (QED) is 0.466. The van der Waals surface area contributed by atoms with Crippen LogP contribution in [0.2, 0.25) is 5.02 Å². The van der Waals surface area contributed by atoms with Gasteiger partial charge in [-0.05, 0) is 35.9 Å². The molecule has 32 heavy (non-hydrogen) atoms. The zero-order valence-electron chi connectivity index (χ0n) is 16.4. The third kappa shape index (κ3) is 4.50. The number of nitrogens with zero attached hydrogens (tertiary/aromatic N) is 2. The Bertz CT molecular complexity index is 1350. The van der Waals surface area contributed by atoms with Crippen LogP contribution in [0.5, 0.6) is 0 Å². The molecule has 0 unspecified atom stereocenters. The van der Waals surface area contributed by atoms with Crippen molar-refractivity contribution in [2.45, 2.75) is 12.6 Å². The number of halogens is 4. The van der Waals surface area contributed by atoms with E-state index in [1.807, 2.05) is 0 Å². The molecule has 162 valence electrons. The van der Waals surface area contributed by atoms with Gasteiger partial charge in [-0.3, -0.25) is 9.59 Å². The highest BCUT2D eigenvalue weighted by Crippen LogP contribution is 2.29. The van der Waals surface area contributed by atoms with Crippen molar-refractivity contribution in [2.24, 2.45) is 0 Å². The molecule has 4 rings (SSSR count). The first-order valence-corrected chi connectivity index (χ1v) is 9.84. The Hall–Kier alpha value is -3.65. The third-order valence-electron chi connectivity index (χ3n) is 4.80. The summed E-state index contributed by atoms with van der Waals surface area (Å²) in [6, 6.07) is 18.0. The van der Waals surface area contributed by atoms with Crippen LogP contribution in [-0.2, 0) is 17.4 Å². The van der Waals surface area contributed by atoms with Gasteiger partial charge in [0.15, 0.2) is 0 Å². The van der Waals surface area contributed by atoms with Crippen molar-refractivity contribution >= 4 is 28.3 Å². The van der Waals surface area contributed by atoms with Gasteiger partial charge >= 0.3 is 6.18 Å². The van der Waals surface area contributed by atoms with Gasteiger partial charge in [0.25, 0.3) is 5.56 Å². The normalized spacial score (nSPS) is 11.5. The maximum atomic E-state index is 12.8. The maximum absolute atomic E-state index is 12.8. The predicted molar refractivity (Wildman–Crippen MR) is 116 cm³/mol. The third-order valence-corrected chi connectivity index (χ3v) is 5.05. The summed E-state index contributed by atoms with van der Waals surface area (Å²) in [6.45, 7) is 0. The van der Waals surface area contributed by atoms with E-state index < -0.39 is 23.2 Å².